The maximum absolute atomic E-state index is 11.0. The van der Waals surface area contributed by atoms with Gasteiger partial charge in [0.05, 0.1) is 4.92 Å². The van der Waals surface area contributed by atoms with Crippen LogP contribution in [0.25, 0.3) is 0 Å². The van der Waals surface area contributed by atoms with Crippen molar-refractivity contribution in [2.75, 3.05) is 41.3 Å². The van der Waals surface area contributed by atoms with E-state index >= 15 is 0 Å². The summed E-state index contributed by atoms with van der Waals surface area (Å²) in [5, 5.41) is 14.3. The molecular weight excluding hydrogens is 370 g/mol. The SMILES string of the molecule is Cc1cc([N+](=O)[O-])ccc1Nc1nc(N2CCCCC2)nc(N2CCCCC2)n1. The average Bonchev–Trinajstić information content (AvgIpc) is 2.76. The summed E-state index contributed by atoms with van der Waals surface area (Å²) < 4.78 is 0. The number of piperidine rings is 2. The molecule has 0 amide bonds. The number of hydrogen-bond donors (Lipinski definition) is 1. The largest absolute Gasteiger partial charge is 0.341 e. The van der Waals surface area contributed by atoms with Crippen molar-refractivity contribution in [3.63, 3.8) is 0 Å². The first-order valence-electron chi connectivity index (χ1n) is 10.4. The first-order chi connectivity index (χ1) is 14.1. The second kappa shape index (κ2) is 8.59. The van der Waals surface area contributed by atoms with E-state index in [4.69, 9.17) is 4.98 Å². The van der Waals surface area contributed by atoms with Crippen LogP contribution in [0.3, 0.4) is 0 Å². The molecule has 1 aromatic heterocycles. The summed E-state index contributed by atoms with van der Waals surface area (Å²) in [5.41, 5.74) is 1.61. The topological polar surface area (TPSA) is 100 Å². The van der Waals surface area contributed by atoms with Gasteiger partial charge in [-0.15, -0.1) is 0 Å². The van der Waals surface area contributed by atoms with Gasteiger partial charge in [-0.05, 0) is 57.1 Å². The molecule has 2 saturated heterocycles. The summed E-state index contributed by atoms with van der Waals surface area (Å²) in [4.78, 5) is 29.2. The van der Waals surface area contributed by atoms with Crippen LogP contribution in [0.1, 0.15) is 44.1 Å². The normalized spacial score (nSPS) is 17.3. The lowest BCUT2D eigenvalue weighted by atomic mass is 10.1. The Hall–Kier alpha value is -2.97. The van der Waals surface area contributed by atoms with Gasteiger partial charge in [-0.3, -0.25) is 10.1 Å². The number of hydrogen-bond acceptors (Lipinski definition) is 8. The Morgan fingerprint density at radius 3 is 1.93 bits per heavy atom. The highest BCUT2D eigenvalue weighted by molar-refractivity contribution is 5.62. The number of anilines is 4. The number of nitro benzene ring substituents is 1. The summed E-state index contributed by atoms with van der Waals surface area (Å²) >= 11 is 0. The van der Waals surface area contributed by atoms with Gasteiger partial charge in [0, 0.05) is 44.0 Å². The van der Waals surface area contributed by atoms with Crippen LogP contribution in [0.15, 0.2) is 18.2 Å². The molecular formula is C20H27N7O2. The van der Waals surface area contributed by atoms with Crippen molar-refractivity contribution in [2.24, 2.45) is 0 Å². The van der Waals surface area contributed by atoms with Crippen molar-refractivity contribution < 1.29 is 4.92 Å². The van der Waals surface area contributed by atoms with Crippen molar-refractivity contribution >= 4 is 29.2 Å². The maximum atomic E-state index is 11.0. The van der Waals surface area contributed by atoms with Crippen LogP contribution in [0.4, 0.5) is 29.2 Å². The molecule has 2 aromatic rings. The van der Waals surface area contributed by atoms with Crippen LogP contribution in [0, 0.1) is 17.0 Å². The molecule has 9 nitrogen and oxygen atoms in total. The van der Waals surface area contributed by atoms with Gasteiger partial charge in [-0.1, -0.05) is 0 Å². The minimum absolute atomic E-state index is 0.0757. The first kappa shape index (κ1) is 19.4. The fraction of sp³-hybridized carbons (Fsp3) is 0.550. The van der Waals surface area contributed by atoms with E-state index in [2.05, 4.69) is 25.1 Å². The molecule has 2 fully saturated rings. The third-order valence-electron chi connectivity index (χ3n) is 5.56. The first-order valence-corrected chi connectivity index (χ1v) is 10.4. The van der Waals surface area contributed by atoms with Crippen molar-refractivity contribution in [2.45, 2.75) is 45.4 Å². The molecule has 0 aliphatic carbocycles. The summed E-state index contributed by atoms with van der Waals surface area (Å²) in [7, 11) is 0. The lowest BCUT2D eigenvalue weighted by Gasteiger charge is -2.30. The molecule has 9 heteroatoms. The summed E-state index contributed by atoms with van der Waals surface area (Å²) in [6.07, 6.45) is 7.08. The second-order valence-corrected chi connectivity index (χ2v) is 7.74. The van der Waals surface area contributed by atoms with E-state index in [1.165, 1.54) is 18.9 Å². The Bertz CT molecular complexity index is 841. The quantitative estimate of drug-likeness (QED) is 0.600. The van der Waals surface area contributed by atoms with Crippen molar-refractivity contribution in [3.05, 3.63) is 33.9 Å². The molecule has 0 radical (unpaired) electrons. The monoisotopic (exact) mass is 397 g/mol. The van der Waals surface area contributed by atoms with Gasteiger partial charge in [0.2, 0.25) is 17.8 Å². The molecule has 1 N–H and O–H groups in total. The molecule has 29 heavy (non-hydrogen) atoms. The highest BCUT2D eigenvalue weighted by atomic mass is 16.6. The Labute approximate surface area is 170 Å². The van der Waals surface area contributed by atoms with Crippen LogP contribution >= 0.6 is 0 Å². The highest BCUT2D eigenvalue weighted by Gasteiger charge is 2.20. The van der Waals surface area contributed by atoms with Gasteiger partial charge in [-0.2, -0.15) is 15.0 Å². The Balaban J connectivity index is 1.65. The van der Waals surface area contributed by atoms with Crippen LogP contribution in [0.5, 0.6) is 0 Å². The number of nitrogens with one attached hydrogen (secondary N) is 1. The number of aromatic nitrogens is 3. The Morgan fingerprint density at radius 2 is 1.45 bits per heavy atom. The summed E-state index contributed by atoms with van der Waals surface area (Å²) in [5.74, 6) is 1.91. The van der Waals surface area contributed by atoms with Crippen LogP contribution in [0.2, 0.25) is 0 Å². The zero-order chi connectivity index (χ0) is 20.2. The number of rotatable bonds is 5. The van der Waals surface area contributed by atoms with E-state index in [9.17, 15) is 10.1 Å². The third-order valence-corrected chi connectivity index (χ3v) is 5.56. The molecule has 1 aromatic carbocycles. The van der Waals surface area contributed by atoms with Gasteiger partial charge in [0.15, 0.2) is 0 Å². The average molecular weight is 397 g/mol. The van der Waals surface area contributed by atoms with Crippen molar-refractivity contribution in [1.82, 2.24) is 15.0 Å². The third kappa shape index (κ3) is 4.55. The van der Waals surface area contributed by atoms with Crippen LogP contribution in [-0.2, 0) is 0 Å². The highest BCUT2D eigenvalue weighted by Crippen LogP contribution is 2.26. The molecule has 2 aliphatic heterocycles. The molecule has 154 valence electrons. The molecule has 0 bridgehead atoms. The molecule has 3 heterocycles. The van der Waals surface area contributed by atoms with Gasteiger partial charge < -0.3 is 15.1 Å². The van der Waals surface area contributed by atoms with E-state index in [0.29, 0.717) is 17.8 Å². The molecule has 0 unspecified atom stereocenters. The van der Waals surface area contributed by atoms with E-state index < -0.39 is 0 Å². The van der Waals surface area contributed by atoms with Gasteiger partial charge >= 0.3 is 0 Å². The van der Waals surface area contributed by atoms with E-state index in [1.807, 2.05) is 6.92 Å². The van der Waals surface area contributed by atoms with Gasteiger partial charge in [0.25, 0.3) is 5.69 Å². The minimum atomic E-state index is -0.386. The van der Waals surface area contributed by atoms with E-state index in [0.717, 1.165) is 63.1 Å². The van der Waals surface area contributed by atoms with Gasteiger partial charge in [-0.25, -0.2) is 0 Å². The van der Waals surface area contributed by atoms with Crippen molar-refractivity contribution in [1.29, 1.82) is 0 Å². The maximum Gasteiger partial charge on any atom is 0.269 e. The standard InChI is InChI=1S/C20H27N7O2/c1-15-14-16(27(28)29)8-9-17(15)21-18-22-19(25-10-4-2-5-11-25)24-20(23-18)26-12-6-3-7-13-26/h8-9,14H,2-7,10-13H2,1H3,(H,21,22,23,24). The lowest BCUT2D eigenvalue weighted by molar-refractivity contribution is -0.384. The second-order valence-electron chi connectivity index (χ2n) is 7.74. The predicted molar refractivity (Wildman–Crippen MR) is 113 cm³/mol. The zero-order valence-electron chi connectivity index (χ0n) is 16.8. The van der Waals surface area contributed by atoms with Crippen molar-refractivity contribution in [3.8, 4) is 0 Å². The molecule has 0 saturated carbocycles. The Morgan fingerprint density at radius 1 is 0.897 bits per heavy atom. The van der Waals surface area contributed by atoms with E-state index in [-0.39, 0.29) is 10.6 Å². The minimum Gasteiger partial charge on any atom is -0.341 e. The van der Waals surface area contributed by atoms with Gasteiger partial charge in [0.1, 0.15) is 0 Å². The molecule has 0 spiro atoms. The smallest absolute Gasteiger partial charge is 0.269 e. The fourth-order valence-electron chi connectivity index (χ4n) is 3.90. The zero-order valence-corrected chi connectivity index (χ0v) is 16.8. The van der Waals surface area contributed by atoms with E-state index in [1.54, 1.807) is 12.1 Å². The lowest BCUT2D eigenvalue weighted by Crippen LogP contribution is -2.34. The van der Waals surface area contributed by atoms with Crippen LogP contribution < -0.4 is 15.1 Å². The number of aryl methyl sites for hydroxylation is 1. The predicted octanol–water partition coefficient (Wildman–Crippen LogP) is 3.81. The number of nitro groups is 1. The molecule has 4 rings (SSSR count). The number of benzene rings is 1. The molecule has 2 aliphatic rings. The number of nitrogens with zero attached hydrogens (tertiary/aromatic N) is 6. The summed E-state index contributed by atoms with van der Waals surface area (Å²) in [6.45, 7) is 5.67. The summed E-state index contributed by atoms with van der Waals surface area (Å²) in [6, 6.07) is 4.76. The number of non-ortho nitro benzene ring substituents is 1. The van der Waals surface area contributed by atoms with Crippen LogP contribution in [-0.4, -0.2) is 46.1 Å². The fourth-order valence-corrected chi connectivity index (χ4v) is 3.90. The Kier molecular flexibility index (Phi) is 5.73. The molecule has 0 atom stereocenters.